The normalized spacial score (nSPS) is 12.8. The molecule has 0 bridgehead atoms. The smallest absolute Gasteiger partial charge is 0.125 e. The van der Waals surface area contributed by atoms with Gasteiger partial charge in [-0.3, -0.25) is 0 Å². The number of nitriles is 1. The van der Waals surface area contributed by atoms with Crippen molar-refractivity contribution in [2.45, 2.75) is 39.7 Å². The summed E-state index contributed by atoms with van der Waals surface area (Å²) in [5, 5.41) is 18.8. The van der Waals surface area contributed by atoms with E-state index in [1.165, 1.54) is 0 Å². The van der Waals surface area contributed by atoms with Crippen LogP contribution >= 0.6 is 0 Å². The lowest BCUT2D eigenvalue weighted by Crippen LogP contribution is -2.14. The van der Waals surface area contributed by atoms with E-state index in [-0.39, 0.29) is 5.41 Å². The van der Waals surface area contributed by atoms with Crippen molar-refractivity contribution in [3.63, 3.8) is 0 Å². The van der Waals surface area contributed by atoms with Crippen molar-refractivity contribution in [1.29, 1.82) is 5.26 Å². The molecule has 0 aliphatic rings. The summed E-state index contributed by atoms with van der Waals surface area (Å²) in [4.78, 5) is 0. The molecule has 0 spiro atoms. The molecule has 1 aromatic rings. The zero-order chi connectivity index (χ0) is 13.6. The van der Waals surface area contributed by atoms with Crippen LogP contribution in [0.2, 0.25) is 0 Å². The van der Waals surface area contributed by atoms with Crippen LogP contribution in [-0.4, -0.2) is 11.7 Å². The van der Waals surface area contributed by atoms with E-state index in [0.29, 0.717) is 25.2 Å². The summed E-state index contributed by atoms with van der Waals surface area (Å²) < 4.78 is 5.69. The molecule has 0 heterocycles. The van der Waals surface area contributed by atoms with Crippen molar-refractivity contribution < 1.29 is 9.84 Å². The molecule has 1 atom stereocenters. The molecule has 3 heteroatoms. The van der Waals surface area contributed by atoms with Gasteiger partial charge in [-0.25, -0.2) is 0 Å². The molecule has 1 N–H and O–H groups in total. The number of hydrogen-bond acceptors (Lipinski definition) is 3. The van der Waals surface area contributed by atoms with Gasteiger partial charge in [0.1, 0.15) is 5.75 Å². The van der Waals surface area contributed by atoms with Crippen LogP contribution in [0.1, 0.15) is 45.3 Å². The molecular formula is C15H21NO2. The molecule has 0 unspecified atom stereocenters. The van der Waals surface area contributed by atoms with Crippen molar-refractivity contribution in [3.05, 3.63) is 29.8 Å². The van der Waals surface area contributed by atoms with Crippen molar-refractivity contribution >= 4 is 0 Å². The first kappa shape index (κ1) is 14.5. The van der Waals surface area contributed by atoms with Crippen LogP contribution in [0.4, 0.5) is 0 Å². The molecule has 0 saturated carbocycles. The maximum absolute atomic E-state index is 9.88. The van der Waals surface area contributed by atoms with E-state index in [9.17, 15) is 5.11 Å². The highest BCUT2D eigenvalue weighted by Gasteiger charge is 2.17. The lowest BCUT2D eigenvalue weighted by atomic mass is 9.92. The summed E-state index contributed by atoms with van der Waals surface area (Å²) in [6.07, 6.45) is 0.828. The molecule has 1 aromatic carbocycles. The van der Waals surface area contributed by atoms with E-state index in [1.54, 1.807) is 0 Å². The number of hydrogen-bond donors (Lipinski definition) is 1. The van der Waals surface area contributed by atoms with Crippen LogP contribution in [0.3, 0.4) is 0 Å². The average Bonchev–Trinajstić information content (AvgIpc) is 2.38. The first-order valence-corrected chi connectivity index (χ1v) is 6.31. The summed E-state index contributed by atoms with van der Waals surface area (Å²) in [7, 11) is 0. The van der Waals surface area contributed by atoms with Crippen molar-refractivity contribution in [1.82, 2.24) is 0 Å². The zero-order valence-corrected chi connectivity index (χ0v) is 11.3. The Bertz CT molecular complexity index is 421. The molecule has 0 fully saturated rings. The molecule has 0 radical (unpaired) electrons. The third kappa shape index (κ3) is 4.05. The van der Waals surface area contributed by atoms with E-state index in [1.807, 2.05) is 45.0 Å². The van der Waals surface area contributed by atoms with Crippen LogP contribution in [0, 0.1) is 16.7 Å². The van der Waals surface area contributed by atoms with Crippen molar-refractivity contribution in [2.75, 3.05) is 6.61 Å². The van der Waals surface area contributed by atoms with Gasteiger partial charge in [-0.2, -0.15) is 5.26 Å². The van der Waals surface area contributed by atoms with Crippen LogP contribution < -0.4 is 4.74 Å². The topological polar surface area (TPSA) is 53.2 Å². The number of aliphatic hydroxyl groups excluding tert-OH is 1. The maximum Gasteiger partial charge on any atom is 0.125 e. The molecule has 3 nitrogen and oxygen atoms in total. The summed E-state index contributed by atoms with van der Waals surface area (Å²) in [5.74, 6) is 0.709. The quantitative estimate of drug-likeness (QED) is 0.837. The van der Waals surface area contributed by atoms with Crippen molar-refractivity contribution in [2.24, 2.45) is 5.41 Å². The Kier molecular flexibility index (Phi) is 5.18. The largest absolute Gasteiger partial charge is 0.493 e. The highest BCUT2D eigenvalue weighted by molar-refractivity contribution is 5.35. The predicted molar refractivity (Wildman–Crippen MR) is 71.2 cm³/mol. The third-order valence-electron chi connectivity index (χ3n) is 2.95. The fraction of sp³-hybridized carbons (Fsp3) is 0.533. The molecule has 0 aliphatic heterocycles. The number of rotatable bonds is 6. The van der Waals surface area contributed by atoms with Crippen LogP contribution in [-0.2, 0) is 0 Å². The summed E-state index contributed by atoms with van der Waals surface area (Å²) in [6, 6.07) is 9.75. The van der Waals surface area contributed by atoms with Crippen LogP contribution in [0.5, 0.6) is 5.75 Å². The Labute approximate surface area is 109 Å². The van der Waals surface area contributed by atoms with Gasteiger partial charge in [0, 0.05) is 5.56 Å². The molecule has 1 rings (SSSR count). The molecule has 0 amide bonds. The highest BCUT2D eigenvalue weighted by atomic mass is 16.5. The first-order valence-electron chi connectivity index (χ1n) is 6.31. The summed E-state index contributed by atoms with van der Waals surface area (Å²) >= 11 is 0. The van der Waals surface area contributed by atoms with Gasteiger partial charge in [0.15, 0.2) is 0 Å². The van der Waals surface area contributed by atoms with E-state index in [0.717, 1.165) is 5.56 Å². The third-order valence-corrected chi connectivity index (χ3v) is 2.95. The molecule has 0 saturated heterocycles. The number of aliphatic hydroxyl groups is 1. The van der Waals surface area contributed by atoms with Gasteiger partial charge in [-0.15, -0.1) is 0 Å². The fourth-order valence-electron chi connectivity index (χ4n) is 1.58. The molecule has 0 aromatic heterocycles. The first-order chi connectivity index (χ1) is 8.50. The maximum atomic E-state index is 9.88. The Morgan fingerprint density at radius 3 is 2.67 bits per heavy atom. The van der Waals surface area contributed by atoms with Gasteiger partial charge < -0.3 is 9.84 Å². The minimum Gasteiger partial charge on any atom is -0.493 e. The van der Waals surface area contributed by atoms with Crippen LogP contribution in [0.25, 0.3) is 0 Å². The summed E-state index contributed by atoms with van der Waals surface area (Å²) in [6.45, 7) is 6.19. The SMILES string of the molecule is CC[C@@H](O)c1ccccc1OCCC(C)(C)C#N. The average molecular weight is 247 g/mol. The van der Waals surface area contributed by atoms with Crippen LogP contribution in [0.15, 0.2) is 24.3 Å². The number of para-hydroxylation sites is 1. The Balaban J connectivity index is 2.66. The lowest BCUT2D eigenvalue weighted by molar-refractivity contribution is 0.165. The van der Waals surface area contributed by atoms with E-state index < -0.39 is 6.10 Å². The highest BCUT2D eigenvalue weighted by Crippen LogP contribution is 2.28. The molecular weight excluding hydrogens is 226 g/mol. The lowest BCUT2D eigenvalue weighted by Gasteiger charge is -2.18. The molecule has 0 aliphatic carbocycles. The summed E-state index contributed by atoms with van der Waals surface area (Å²) in [5.41, 5.74) is 0.438. The standard InChI is InChI=1S/C15H21NO2/c1-4-13(17)12-7-5-6-8-14(12)18-10-9-15(2,3)11-16/h5-8,13,17H,4,9-10H2,1-3H3/t13-/m1/s1. The van der Waals surface area contributed by atoms with Gasteiger partial charge >= 0.3 is 0 Å². The Morgan fingerprint density at radius 2 is 2.06 bits per heavy atom. The van der Waals surface area contributed by atoms with Gasteiger partial charge in [-0.05, 0) is 32.8 Å². The van der Waals surface area contributed by atoms with Crippen molar-refractivity contribution in [3.8, 4) is 11.8 Å². The fourth-order valence-corrected chi connectivity index (χ4v) is 1.58. The number of ether oxygens (including phenoxy) is 1. The minimum atomic E-state index is -0.495. The van der Waals surface area contributed by atoms with E-state index in [4.69, 9.17) is 10.00 Å². The van der Waals surface area contributed by atoms with Gasteiger partial charge in [0.2, 0.25) is 0 Å². The Morgan fingerprint density at radius 1 is 1.39 bits per heavy atom. The predicted octanol–water partition coefficient (Wildman–Crippen LogP) is 3.45. The number of benzene rings is 1. The van der Waals surface area contributed by atoms with E-state index >= 15 is 0 Å². The molecule has 18 heavy (non-hydrogen) atoms. The van der Waals surface area contributed by atoms with Gasteiger partial charge in [0.25, 0.3) is 0 Å². The van der Waals surface area contributed by atoms with E-state index in [2.05, 4.69) is 6.07 Å². The van der Waals surface area contributed by atoms with Gasteiger partial charge in [0.05, 0.1) is 24.2 Å². The second-order valence-corrected chi connectivity index (χ2v) is 5.06. The zero-order valence-electron chi connectivity index (χ0n) is 11.3. The minimum absolute atomic E-state index is 0.377. The number of nitrogens with zero attached hydrogens (tertiary/aromatic N) is 1. The second kappa shape index (κ2) is 6.42. The molecule has 98 valence electrons. The monoisotopic (exact) mass is 247 g/mol. The van der Waals surface area contributed by atoms with Gasteiger partial charge in [-0.1, -0.05) is 25.1 Å². The Hall–Kier alpha value is -1.53. The second-order valence-electron chi connectivity index (χ2n) is 5.06.